The molecule has 0 fully saturated rings. The molecule has 0 heterocycles. The minimum atomic E-state index is -0.431. The minimum absolute atomic E-state index is 0.0393. The third-order valence-corrected chi connectivity index (χ3v) is 3.45. The molecule has 1 aromatic carbocycles. The fourth-order valence-corrected chi connectivity index (χ4v) is 2.35. The van der Waals surface area contributed by atoms with Crippen LogP contribution in [-0.2, 0) is 4.79 Å². The van der Waals surface area contributed by atoms with Crippen LogP contribution in [0.5, 0.6) is 5.75 Å². The van der Waals surface area contributed by atoms with Gasteiger partial charge in [-0.2, -0.15) is 0 Å². The summed E-state index contributed by atoms with van der Waals surface area (Å²) in [4.78, 5) is 11.9. The largest absolute Gasteiger partial charge is 0.495 e. The number of hydrogen-bond acceptors (Lipinski definition) is 2. The Kier molecular flexibility index (Phi) is 4.61. The standard InChI is InChI=1S/C12H15Br2NO2/c1-12(2,3)11(16)15-9-6-10(17-4)8(14)5-7(9)13/h5-6H,1-4H3,(H,15,16). The maximum Gasteiger partial charge on any atom is 0.229 e. The van der Waals surface area contributed by atoms with Gasteiger partial charge in [0.2, 0.25) is 5.91 Å². The molecule has 0 spiro atoms. The summed E-state index contributed by atoms with van der Waals surface area (Å²) in [6, 6.07) is 3.62. The van der Waals surface area contributed by atoms with E-state index in [9.17, 15) is 4.79 Å². The van der Waals surface area contributed by atoms with E-state index in [0.29, 0.717) is 11.4 Å². The second-order valence-electron chi connectivity index (χ2n) is 4.67. The van der Waals surface area contributed by atoms with Crippen LogP contribution >= 0.6 is 31.9 Å². The molecule has 1 N–H and O–H groups in total. The molecule has 1 aromatic rings. The first-order valence-electron chi connectivity index (χ1n) is 5.10. The Morgan fingerprint density at radius 1 is 1.24 bits per heavy atom. The van der Waals surface area contributed by atoms with Gasteiger partial charge in [-0.15, -0.1) is 0 Å². The van der Waals surface area contributed by atoms with Crippen LogP contribution in [0.1, 0.15) is 20.8 Å². The van der Waals surface area contributed by atoms with E-state index in [1.54, 1.807) is 13.2 Å². The Morgan fingerprint density at radius 3 is 2.29 bits per heavy atom. The lowest BCUT2D eigenvalue weighted by atomic mass is 9.95. The fraction of sp³-hybridized carbons (Fsp3) is 0.417. The Hall–Kier alpha value is -0.550. The average Bonchev–Trinajstić information content (AvgIpc) is 2.20. The highest BCUT2D eigenvalue weighted by Crippen LogP contribution is 2.35. The number of nitrogens with one attached hydrogen (secondary N) is 1. The van der Waals surface area contributed by atoms with Crippen LogP contribution in [-0.4, -0.2) is 13.0 Å². The van der Waals surface area contributed by atoms with Gasteiger partial charge in [-0.05, 0) is 37.9 Å². The second kappa shape index (κ2) is 5.40. The number of carbonyl (C=O) groups excluding carboxylic acids is 1. The molecule has 0 aromatic heterocycles. The van der Waals surface area contributed by atoms with Crippen molar-refractivity contribution in [2.45, 2.75) is 20.8 Å². The van der Waals surface area contributed by atoms with E-state index in [0.717, 1.165) is 8.95 Å². The van der Waals surface area contributed by atoms with Crippen LogP contribution in [0.2, 0.25) is 0 Å². The first-order valence-corrected chi connectivity index (χ1v) is 6.69. The molecule has 0 saturated heterocycles. The normalized spacial score (nSPS) is 11.2. The Bertz CT molecular complexity index is 439. The number of rotatable bonds is 2. The molecular weight excluding hydrogens is 350 g/mol. The number of carbonyl (C=O) groups is 1. The zero-order chi connectivity index (χ0) is 13.2. The first kappa shape index (κ1) is 14.5. The van der Waals surface area contributed by atoms with E-state index < -0.39 is 5.41 Å². The maximum absolute atomic E-state index is 11.9. The SMILES string of the molecule is COc1cc(NC(=O)C(C)(C)C)c(Br)cc1Br. The lowest BCUT2D eigenvalue weighted by Gasteiger charge is -2.19. The highest BCUT2D eigenvalue weighted by Gasteiger charge is 2.22. The number of anilines is 1. The summed E-state index contributed by atoms with van der Waals surface area (Å²) in [6.07, 6.45) is 0. The third kappa shape index (κ3) is 3.71. The van der Waals surface area contributed by atoms with Crippen molar-refractivity contribution in [2.75, 3.05) is 12.4 Å². The third-order valence-electron chi connectivity index (χ3n) is 2.17. The van der Waals surface area contributed by atoms with Crippen LogP contribution in [0.3, 0.4) is 0 Å². The van der Waals surface area contributed by atoms with Gasteiger partial charge in [0.1, 0.15) is 5.75 Å². The molecule has 1 rings (SSSR count). The van der Waals surface area contributed by atoms with Gasteiger partial charge in [0.25, 0.3) is 0 Å². The summed E-state index contributed by atoms with van der Waals surface area (Å²) in [7, 11) is 1.59. The topological polar surface area (TPSA) is 38.3 Å². The quantitative estimate of drug-likeness (QED) is 0.853. The van der Waals surface area contributed by atoms with E-state index in [1.807, 2.05) is 26.8 Å². The summed E-state index contributed by atoms with van der Waals surface area (Å²) in [5.41, 5.74) is 0.268. The van der Waals surface area contributed by atoms with Crippen LogP contribution < -0.4 is 10.1 Å². The van der Waals surface area contributed by atoms with Crippen molar-refractivity contribution >= 4 is 43.5 Å². The zero-order valence-corrected chi connectivity index (χ0v) is 13.4. The van der Waals surface area contributed by atoms with Crippen molar-refractivity contribution in [1.82, 2.24) is 0 Å². The summed E-state index contributed by atoms with van der Waals surface area (Å²) >= 11 is 6.78. The average molecular weight is 365 g/mol. The number of halogens is 2. The van der Waals surface area contributed by atoms with Crippen LogP contribution in [0, 0.1) is 5.41 Å². The smallest absolute Gasteiger partial charge is 0.229 e. The molecule has 94 valence electrons. The molecule has 0 aliphatic heterocycles. The summed E-state index contributed by atoms with van der Waals surface area (Å²) in [6.45, 7) is 5.60. The van der Waals surface area contributed by atoms with Crippen LogP contribution in [0.4, 0.5) is 5.69 Å². The van der Waals surface area contributed by atoms with Crippen molar-refractivity contribution in [3.05, 3.63) is 21.1 Å². The summed E-state index contributed by atoms with van der Waals surface area (Å²) < 4.78 is 6.83. The van der Waals surface area contributed by atoms with E-state index in [2.05, 4.69) is 37.2 Å². The highest BCUT2D eigenvalue weighted by molar-refractivity contribution is 9.11. The second-order valence-corrected chi connectivity index (χ2v) is 6.38. The molecule has 0 atom stereocenters. The molecular formula is C12H15Br2NO2. The van der Waals surface area contributed by atoms with Gasteiger partial charge in [0.05, 0.1) is 17.3 Å². The molecule has 0 bridgehead atoms. The number of benzene rings is 1. The van der Waals surface area contributed by atoms with E-state index >= 15 is 0 Å². The molecule has 17 heavy (non-hydrogen) atoms. The molecule has 3 nitrogen and oxygen atoms in total. The maximum atomic E-state index is 11.9. The van der Waals surface area contributed by atoms with Gasteiger partial charge in [0, 0.05) is 16.0 Å². The molecule has 0 unspecified atom stereocenters. The van der Waals surface area contributed by atoms with Gasteiger partial charge in [-0.1, -0.05) is 20.8 Å². The Morgan fingerprint density at radius 2 is 1.82 bits per heavy atom. The Balaban J connectivity index is 3.03. The number of hydrogen-bond donors (Lipinski definition) is 1. The van der Waals surface area contributed by atoms with Crippen LogP contribution in [0.15, 0.2) is 21.1 Å². The van der Waals surface area contributed by atoms with E-state index in [4.69, 9.17) is 4.74 Å². The number of methoxy groups -OCH3 is 1. The lowest BCUT2D eigenvalue weighted by Crippen LogP contribution is -2.27. The highest BCUT2D eigenvalue weighted by atomic mass is 79.9. The van der Waals surface area contributed by atoms with Crippen LogP contribution in [0.25, 0.3) is 0 Å². The van der Waals surface area contributed by atoms with Crippen molar-refractivity contribution < 1.29 is 9.53 Å². The number of amides is 1. The van der Waals surface area contributed by atoms with Gasteiger partial charge >= 0.3 is 0 Å². The van der Waals surface area contributed by atoms with E-state index in [-0.39, 0.29) is 5.91 Å². The van der Waals surface area contributed by atoms with E-state index in [1.165, 1.54) is 0 Å². The van der Waals surface area contributed by atoms with Gasteiger partial charge in [-0.3, -0.25) is 4.79 Å². The predicted octanol–water partition coefficient (Wildman–Crippen LogP) is 4.20. The first-order chi connectivity index (χ1) is 7.75. The minimum Gasteiger partial charge on any atom is -0.495 e. The monoisotopic (exact) mass is 363 g/mol. The summed E-state index contributed by atoms with van der Waals surface area (Å²) in [5.74, 6) is 0.639. The van der Waals surface area contributed by atoms with Crippen molar-refractivity contribution in [2.24, 2.45) is 5.41 Å². The Labute approximate surface area is 118 Å². The van der Waals surface area contributed by atoms with Gasteiger partial charge in [-0.25, -0.2) is 0 Å². The lowest BCUT2D eigenvalue weighted by molar-refractivity contribution is -0.123. The van der Waals surface area contributed by atoms with Gasteiger partial charge in [0.15, 0.2) is 0 Å². The predicted molar refractivity (Wildman–Crippen MR) is 76.5 cm³/mol. The number of ether oxygens (including phenoxy) is 1. The van der Waals surface area contributed by atoms with Crippen molar-refractivity contribution in [3.8, 4) is 5.75 Å². The molecule has 1 amide bonds. The van der Waals surface area contributed by atoms with Crippen molar-refractivity contribution in [3.63, 3.8) is 0 Å². The zero-order valence-electron chi connectivity index (χ0n) is 10.2. The van der Waals surface area contributed by atoms with Crippen molar-refractivity contribution in [1.29, 1.82) is 0 Å². The molecule has 0 aliphatic carbocycles. The molecule has 0 saturated carbocycles. The molecule has 5 heteroatoms. The van der Waals surface area contributed by atoms with Gasteiger partial charge < -0.3 is 10.1 Å². The fourth-order valence-electron chi connectivity index (χ4n) is 1.09. The molecule has 0 radical (unpaired) electrons. The summed E-state index contributed by atoms with van der Waals surface area (Å²) in [5, 5.41) is 2.87. The molecule has 0 aliphatic rings.